The second kappa shape index (κ2) is 12.7. The molecule has 202 valence electrons. The van der Waals surface area contributed by atoms with E-state index in [-0.39, 0.29) is 18.1 Å². The maximum absolute atomic E-state index is 12.9. The molecule has 7 nitrogen and oxygen atoms in total. The largest absolute Gasteiger partial charge is 0.501 e. The van der Waals surface area contributed by atoms with Gasteiger partial charge in [-0.2, -0.15) is 13.2 Å². The number of rotatable bonds is 13. The summed E-state index contributed by atoms with van der Waals surface area (Å²) in [7, 11) is -10.0. The number of sulfone groups is 1. The van der Waals surface area contributed by atoms with Crippen LogP contribution in [0.5, 0.6) is 0 Å². The zero-order valence-corrected chi connectivity index (χ0v) is 22.9. The van der Waals surface area contributed by atoms with Gasteiger partial charge in [0.25, 0.3) is 19.9 Å². The van der Waals surface area contributed by atoms with Crippen molar-refractivity contribution in [1.82, 2.24) is 15.2 Å². The Morgan fingerprint density at radius 1 is 0.889 bits per heavy atom. The predicted octanol–water partition coefficient (Wildman–Crippen LogP) is 4.43. The Hall–Kier alpha value is -1.64. The molecule has 0 aliphatic carbocycles. The van der Waals surface area contributed by atoms with Crippen LogP contribution < -0.4 is 10.3 Å². The van der Waals surface area contributed by atoms with E-state index in [1.807, 2.05) is 30.3 Å². The fourth-order valence-electron chi connectivity index (χ4n) is 3.49. The van der Waals surface area contributed by atoms with Crippen LogP contribution in [0, 0.1) is 0 Å². The van der Waals surface area contributed by atoms with Crippen LogP contribution >= 0.6 is 11.8 Å². The first-order chi connectivity index (χ1) is 16.6. The Morgan fingerprint density at radius 2 is 1.47 bits per heavy atom. The monoisotopic (exact) mass is 567 g/mol. The highest BCUT2D eigenvalue weighted by molar-refractivity contribution is 7.99. The van der Waals surface area contributed by atoms with Crippen LogP contribution in [0.1, 0.15) is 34.1 Å². The summed E-state index contributed by atoms with van der Waals surface area (Å²) in [6, 6.07) is 13.0. The molecular formula is C23H32F3N3O4S3. The summed E-state index contributed by atoms with van der Waals surface area (Å²) in [5, 5.41) is 0. The molecule has 0 unspecified atom stereocenters. The average Bonchev–Trinajstić information content (AvgIpc) is 2.80. The van der Waals surface area contributed by atoms with Gasteiger partial charge in [-0.15, -0.1) is 16.6 Å². The molecule has 0 aromatic heterocycles. The minimum Gasteiger partial charge on any atom is -0.298 e. The first kappa shape index (κ1) is 30.6. The molecule has 0 spiro atoms. The number of hydrogen-bond acceptors (Lipinski definition) is 7. The highest BCUT2D eigenvalue weighted by atomic mass is 32.2. The predicted molar refractivity (Wildman–Crippen MR) is 136 cm³/mol. The van der Waals surface area contributed by atoms with Crippen LogP contribution in [0.15, 0.2) is 69.3 Å². The quantitative estimate of drug-likeness (QED) is 0.273. The van der Waals surface area contributed by atoms with Gasteiger partial charge in [0.1, 0.15) is 0 Å². The van der Waals surface area contributed by atoms with Crippen molar-refractivity contribution < 1.29 is 30.0 Å². The molecule has 2 aromatic carbocycles. The molecule has 0 aliphatic rings. The molecule has 0 heterocycles. The minimum atomic E-state index is -5.69. The zero-order chi connectivity index (χ0) is 27.1. The number of hydrazine groups is 1. The summed E-state index contributed by atoms with van der Waals surface area (Å²) in [5.74, 6) is 0.513. The topological polar surface area (TPSA) is 95.6 Å². The van der Waals surface area contributed by atoms with E-state index in [9.17, 15) is 30.0 Å². The SMILES string of the molecule is CC(C)N(CC[C@H](CSc1ccccc1)NNS(=O)(=O)c1cccc(S(=O)(=O)C(F)(F)F)c1)C(C)C. The van der Waals surface area contributed by atoms with Crippen molar-refractivity contribution in [3.8, 4) is 0 Å². The maximum atomic E-state index is 12.9. The molecule has 2 aromatic rings. The van der Waals surface area contributed by atoms with Crippen molar-refractivity contribution in [2.75, 3.05) is 12.3 Å². The smallest absolute Gasteiger partial charge is 0.298 e. The summed E-state index contributed by atoms with van der Waals surface area (Å²) in [5.41, 5.74) is -2.75. The lowest BCUT2D eigenvalue weighted by Gasteiger charge is -2.32. The lowest BCUT2D eigenvalue weighted by molar-refractivity contribution is -0.0436. The van der Waals surface area contributed by atoms with Crippen molar-refractivity contribution in [1.29, 1.82) is 0 Å². The van der Waals surface area contributed by atoms with E-state index in [0.717, 1.165) is 17.0 Å². The summed E-state index contributed by atoms with van der Waals surface area (Å²) >= 11 is 1.53. The Bertz CT molecular complexity index is 1180. The molecule has 36 heavy (non-hydrogen) atoms. The molecular weight excluding hydrogens is 535 g/mol. The Labute approximate surface area is 215 Å². The number of alkyl halides is 3. The van der Waals surface area contributed by atoms with E-state index < -0.39 is 35.2 Å². The summed E-state index contributed by atoms with van der Waals surface area (Å²) in [6.45, 7) is 8.98. The van der Waals surface area contributed by atoms with Gasteiger partial charge in [-0.05, 0) is 64.4 Å². The Morgan fingerprint density at radius 3 is 2.03 bits per heavy atom. The number of halogens is 3. The lowest BCUT2D eigenvalue weighted by atomic mass is 10.1. The van der Waals surface area contributed by atoms with E-state index in [2.05, 4.69) is 42.9 Å². The van der Waals surface area contributed by atoms with Crippen LogP contribution in [0.2, 0.25) is 0 Å². The third-order valence-corrected chi connectivity index (χ3v) is 9.30. The van der Waals surface area contributed by atoms with Crippen molar-refractivity contribution in [3.05, 3.63) is 54.6 Å². The molecule has 0 saturated carbocycles. The summed E-state index contributed by atoms with van der Waals surface area (Å²) < 4.78 is 87.8. The van der Waals surface area contributed by atoms with Crippen molar-refractivity contribution in [2.24, 2.45) is 0 Å². The fraction of sp³-hybridized carbons (Fsp3) is 0.478. The average molecular weight is 568 g/mol. The number of sulfonamides is 1. The number of thioether (sulfide) groups is 1. The fourth-order valence-corrected chi connectivity index (χ4v) is 6.34. The molecule has 0 bridgehead atoms. The molecule has 13 heteroatoms. The molecule has 2 rings (SSSR count). The van der Waals surface area contributed by atoms with Crippen LogP contribution in [0.25, 0.3) is 0 Å². The van der Waals surface area contributed by atoms with Crippen molar-refractivity contribution in [2.45, 2.75) is 72.4 Å². The highest BCUT2D eigenvalue weighted by Crippen LogP contribution is 2.31. The van der Waals surface area contributed by atoms with Gasteiger partial charge in [0.05, 0.1) is 9.79 Å². The molecule has 0 amide bonds. The number of hydrogen-bond donors (Lipinski definition) is 2. The van der Waals surface area contributed by atoms with Crippen LogP contribution in [0.4, 0.5) is 13.2 Å². The van der Waals surface area contributed by atoms with Crippen LogP contribution in [0.3, 0.4) is 0 Å². The highest BCUT2D eigenvalue weighted by Gasteiger charge is 2.47. The van der Waals surface area contributed by atoms with Gasteiger partial charge in [0.15, 0.2) is 0 Å². The molecule has 1 atom stereocenters. The van der Waals surface area contributed by atoms with Gasteiger partial charge >= 0.3 is 5.51 Å². The second-order valence-corrected chi connectivity index (χ2v) is 13.4. The van der Waals surface area contributed by atoms with Gasteiger partial charge in [0.2, 0.25) is 0 Å². The first-order valence-corrected chi connectivity index (χ1v) is 15.2. The Kier molecular flexibility index (Phi) is 10.8. The number of nitrogens with zero attached hydrogens (tertiary/aromatic N) is 1. The normalized spacial score (nSPS) is 14.1. The van der Waals surface area contributed by atoms with Crippen LogP contribution in [-0.2, 0) is 19.9 Å². The van der Waals surface area contributed by atoms with Crippen molar-refractivity contribution >= 4 is 31.6 Å². The molecule has 0 aliphatic heterocycles. The van der Waals surface area contributed by atoms with E-state index >= 15 is 0 Å². The maximum Gasteiger partial charge on any atom is 0.501 e. The lowest BCUT2D eigenvalue weighted by Crippen LogP contribution is -2.48. The van der Waals surface area contributed by atoms with E-state index in [1.54, 1.807) is 0 Å². The van der Waals surface area contributed by atoms with E-state index in [0.29, 0.717) is 30.9 Å². The molecule has 0 saturated heterocycles. The molecule has 0 radical (unpaired) electrons. The number of benzene rings is 2. The zero-order valence-electron chi connectivity index (χ0n) is 20.5. The van der Waals surface area contributed by atoms with E-state index in [1.165, 1.54) is 11.8 Å². The van der Waals surface area contributed by atoms with Gasteiger partial charge < -0.3 is 0 Å². The second-order valence-electron chi connectivity index (χ2n) is 8.71. The van der Waals surface area contributed by atoms with Crippen molar-refractivity contribution in [3.63, 3.8) is 0 Å². The number of nitrogens with one attached hydrogen (secondary N) is 2. The van der Waals surface area contributed by atoms with Gasteiger partial charge in [0, 0.05) is 35.3 Å². The Balaban J connectivity index is 2.19. The van der Waals surface area contributed by atoms with E-state index in [4.69, 9.17) is 0 Å². The first-order valence-electron chi connectivity index (χ1n) is 11.3. The van der Waals surface area contributed by atoms with Gasteiger partial charge in [-0.3, -0.25) is 4.90 Å². The third-order valence-electron chi connectivity index (χ3n) is 5.38. The summed E-state index contributed by atoms with van der Waals surface area (Å²) in [4.78, 5) is 3.76. The molecule has 0 fully saturated rings. The van der Waals surface area contributed by atoms with Gasteiger partial charge in [-0.25, -0.2) is 22.3 Å². The third kappa shape index (κ3) is 8.45. The van der Waals surface area contributed by atoms with Gasteiger partial charge in [-0.1, -0.05) is 24.3 Å². The molecule has 2 N–H and O–H groups in total. The minimum absolute atomic E-state index is 0.280. The van der Waals surface area contributed by atoms with Crippen LogP contribution in [-0.4, -0.2) is 57.7 Å². The summed E-state index contributed by atoms with van der Waals surface area (Å²) in [6.07, 6.45) is 0.585. The standard InChI is InChI=1S/C23H32F3N3O4S3/c1-17(2)29(18(3)4)14-13-19(16-34-20-9-6-5-7-10-20)27-28-36(32,33)22-12-8-11-21(15-22)35(30,31)23(24,25)26/h5-12,15,17-19,27-28H,13-14,16H2,1-4H3/t19-/m1/s1.